The highest BCUT2D eigenvalue weighted by Crippen LogP contribution is 2.42. The fourth-order valence-electron chi connectivity index (χ4n) is 4.98. The molecule has 9 heteroatoms. The van der Waals surface area contributed by atoms with Gasteiger partial charge in [-0.15, -0.1) is 0 Å². The zero-order valence-corrected chi connectivity index (χ0v) is 24.9. The Hall–Kier alpha value is -0.220. The topological polar surface area (TPSA) is 123 Å². The SMILES string of the molecule is CCCCCCCCC([N]C(CCCCCCCC)(C(C)CC)S(=O)(=O)O)(C(C)CC)S(=O)(=O)O. The van der Waals surface area contributed by atoms with E-state index in [0.717, 1.165) is 64.2 Å². The Morgan fingerprint density at radius 3 is 1.11 bits per heavy atom. The number of rotatable bonds is 22. The average molecular weight is 541 g/mol. The smallest absolute Gasteiger partial charge is 0.284 e. The summed E-state index contributed by atoms with van der Waals surface area (Å²) in [5, 5.41) is 4.62. The maximum atomic E-state index is 13.0. The third-order valence-corrected chi connectivity index (χ3v) is 11.0. The van der Waals surface area contributed by atoms with Gasteiger partial charge in [-0.3, -0.25) is 9.11 Å². The molecule has 0 saturated heterocycles. The lowest BCUT2D eigenvalue weighted by Gasteiger charge is -2.45. The minimum absolute atomic E-state index is 0.0389. The van der Waals surface area contributed by atoms with E-state index in [-0.39, 0.29) is 12.8 Å². The zero-order valence-electron chi connectivity index (χ0n) is 23.3. The molecule has 0 aliphatic heterocycles. The van der Waals surface area contributed by atoms with Crippen LogP contribution in [-0.4, -0.2) is 35.7 Å². The van der Waals surface area contributed by atoms with Crippen LogP contribution in [0.25, 0.3) is 0 Å². The van der Waals surface area contributed by atoms with Crippen molar-refractivity contribution in [1.29, 1.82) is 0 Å². The van der Waals surface area contributed by atoms with Crippen molar-refractivity contribution < 1.29 is 25.9 Å². The molecule has 0 amide bonds. The first-order valence-electron chi connectivity index (χ1n) is 14.0. The third kappa shape index (κ3) is 10.2. The van der Waals surface area contributed by atoms with E-state index in [9.17, 15) is 25.9 Å². The van der Waals surface area contributed by atoms with Gasteiger partial charge in [0.15, 0.2) is 9.74 Å². The van der Waals surface area contributed by atoms with Crippen LogP contribution in [0.15, 0.2) is 0 Å². The molecule has 35 heavy (non-hydrogen) atoms. The summed E-state index contributed by atoms with van der Waals surface area (Å²) in [6.45, 7) is 11.3. The first-order chi connectivity index (χ1) is 16.3. The van der Waals surface area contributed by atoms with Crippen LogP contribution in [0.3, 0.4) is 0 Å². The van der Waals surface area contributed by atoms with Crippen LogP contribution in [0.4, 0.5) is 0 Å². The molecule has 4 unspecified atom stereocenters. The Morgan fingerprint density at radius 1 is 0.571 bits per heavy atom. The Bertz CT molecular complexity index is 707. The number of unbranched alkanes of at least 4 members (excludes halogenated alkanes) is 10. The molecular weight excluding hydrogens is 486 g/mol. The van der Waals surface area contributed by atoms with Crippen LogP contribution in [0.2, 0.25) is 0 Å². The van der Waals surface area contributed by atoms with Crippen LogP contribution in [0, 0.1) is 11.8 Å². The van der Waals surface area contributed by atoms with E-state index < -0.39 is 41.8 Å². The summed E-state index contributed by atoms with van der Waals surface area (Å²) < 4.78 is 72.9. The zero-order chi connectivity index (χ0) is 27.2. The van der Waals surface area contributed by atoms with Crippen molar-refractivity contribution in [2.75, 3.05) is 0 Å². The molecule has 0 rings (SSSR count). The van der Waals surface area contributed by atoms with Gasteiger partial charge in [-0.05, 0) is 24.7 Å². The Balaban J connectivity index is 6.26. The number of hydrogen-bond donors (Lipinski definition) is 2. The molecule has 0 spiro atoms. The lowest BCUT2D eigenvalue weighted by atomic mass is 9.87. The maximum absolute atomic E-state index is 13.0. The van der Waals surface area contributed by atoms with E-state index in [0.29, 0.717) is 25.7 Å². The van der Waals surface area contributed by atoms with Crippen molar-refractivity contribution in [3.05, 3.63) is 0 Å². The number of hydrogen-bond acceptors (Lipinski definition) is 4. The molecule has 0 aromatic heterocycles. The van der Waals surface area contributed by atoms with Gasteiger partial charge in [-0.25, -0.2) is 0 Å². The molecule has 0 aromatic rings. The highest BCUT2D eigenvalue weighted by molar-refractivity contribution is 7.88. The minimum atomic E-state index is -4.76. The molecule has 0 aliphatic carbocycles. The van der Waals surface area contributed by atoms with Crippen molar-refractivity contribution in [3.63, 3.8) is 0 Å². The molecule has 1 radical (unpaired) electrons. The van der Waals surface area contributed by atoms with E-state index in [4.69, 9.17) is 0 Å². The Labute approximate surface area is 217 Å². The van der Waals surface area contributed by atoms with E-state index in [1.54, 1.807) is 13.8 Å². The normalized spacial score (nSPS) is 18.1. The summed E-state index contributed by atoms with van der Waals surface area (Å²) in [5.41, 5.74) is 0. The summed E-state index contributed by atoms with van der Waals surface area (Å²) in [5.74, 6) is -1.22. The molecule has 0 aliphatic rings. The molecular formula is C26H54NO6S2. The molecule has 0 saturated carbocycles. The molecule has 7 nitrogen and oxygen atoms in total. The van der Waals surface area contributed by atoms with E-state index >= 15 is 0 Å². The predicted octanol–water partition coefficient (Wildman–Crippen LogP) is 7.35. The van der Waals surface area contributed by atoms with Crippen LogP contribution in [-0.2, 0) is 20.2 Å². The van der Waals surface area contributed by atoms with Gasteiger partial charge < -0.3 is 0 Å². The summed E-state index contributed by atoms with van der Waals surface area (Å²) in [7, 11) is -9.51. The van der Waals surface area contributed by atoms with Gasteiger partial charge in [-0.1, -0.05) is 131 Å². The van der Waals surface area contributed by atoms with Gasteiger partial charge in [0.2, 0.25) is 0 Å². The summed E-state index contributed by atoms with van der Waals surface area (Å²) >= 11 is 0. The first kappa shape index (κ1) is 34.8. The summed E-state index contributed by atoms with van der Waals surface area (Å²) in [4.78, 5) is -3.96. The van der Waals surface area contributed by atoms with Gasteiger partial charge in [0.05, 0.1) is 0 Å². The lowest BCUT2D eigenvalue weighted by molar-refractivity contribution is 0.160. The fraction of sp³-hybridized carbons (Fsp3) is 1.00. The van der Waals surface area contributed by atoms with Gasteiger partial charge in [0.25, 0.3) is 20.2 Å². The largest absolute Gasteiger partial charge is 0.285 e. The molecule has 0 heterocycles. The van der Waals surface area contributed by atoms with Crippen molar-refractivity contribution in [1.82, 2.24) is 5.32 Å². The lowest BCUT2D eigenvalue weighted by Crippen LogP contribution is -2.64. The van der Waals surface area contributed by atoms with Gasteiger partial charge in [0.1, 0.15) is 0 Å². The van der Waals surface area contributed by atoms with Crippen LogP contribution >= 0.6 is 0 Å². The van der Waals surface area contributed by atoms with E-state index in [1.165, 1.54) is 0 Å². The quantitative estimate of drug-likeness (QED) is 0.109. The highest BCUT2D eigenvalue weighted by atomic mass is 32.2. The molecule has 2 N–H and O–H groups in total. The van der Waals surface area contributed by atoms with Crippen molar-refractivity contribution >= 4 is 20.2 Å². The van der Waals surface area contributed by atoms with Crippen LogP contribution in [0.5, 0.6) is 0 Å². The third-order valence-electron chi connectivity index (χ3n) is 7.81. The molecule has 0 aromatic carbocycles. The van der Waals surface area contributed by atoms with Crippen molar-refractivity contribution in [2.24, 2.45) is 11.8 Å². The van der Waals surface area contributed by atoms with E-state index in [1.807, 2.05) is 13.8 Å². The molecule has 0 bridgehead atoms. The molecule has 211 valence electrons. The van der Waals surface area contributed by atoms with Crippen molar-refractivity contribution in [2.45, 2.75) is 154 Å². The van der Waals surface area contributed by atoms with Gasteiger partial charge >= 0.3 is 0 Å². The van der Waals surface area contributed by atoms with Crippen LogP contribution < -0.4 is 5.32 Å². The highest BCUT2D eigenvalue weighted by Gasteiger charge is 2.58. The first-order valence-corrected chi connectivity index (χ1v) is 16.9. The van der Waals surface area contributed by atoms with Gasteiger partial charge in [-0.2, -0.15) is 22.2 Å². The molecule has 0 fully saturated rings. The van der Waals surface area contributed by atoms with Crippen LogP contribution in [0.1, 0.15) is 144 Å². The second-order valence-corrected chi connectivity index (χ2v) is 13.7. The Morgan fingerprint density at radius 2 is 0.857 bits per heavy atom. The van der Waals surface area contributed by atoms with E-state index in [2.05, 4.69) is 19.2 Å². The minimum Gasteiger partial charge on any atom is -0.284 e. The molecule has 4 atom stereocenters. The van der Waals surface area contributed by atoms with Gasteiger partial charge in [0, 0.05) is 0 Å². The van der Waals surface area contributed by atoms with Crippen molar-refractivity contribution in [3.8, 4) is 0 Å². The Kier molecular flexibility index (Phi) is 16.5. The monoisotopic (exact) mass is 540 g/mol. The number of nitrogens with zero attached hydrogens (tertiary/aromatic N) is 1. The second-order valence-electron chi connectivity index (χ2n) is 10.4. The fourth-order valence-corrected chi connectivity index (χ4v) is 7.75. The average Bonchev–Trinajstić information content (AvgIpc) is 2.78. The maximum Gasteiger partial charge on any atom is 0.285 e. The predicted molar refractivity (Wildman–Crippen MR) is 146 cm³/mol. The standard InChI is InChI=1S/C26H54NO6S2/c1-7-11-13-15-17-19-21-25(23(5)9-3,34(28,29)30)27-26(24(6)10-4,35(31,32)33)22-20-18-16-14-12-8-2/h23-24H,7-22H2,1-6H3,(H,28,29,30)(H,31,32,33). The summed E-state index contributed by atoms with van der Waals surface area (Å²) in [6.07, 6.45) is 11.9. The second kappa shape index (κ2) is 16.6. The summed E-state index contributed by atoms with van der Waals surface area (Å²) in [6, 6.07) is 0.